The van der Waals surface area contributed by atoms with Gasteiger partial charge >= 0.3 is 0 Å². The molecule has 0 fully saturated rings. The quantitative estimate of drug-likeness (QED) is 0.188. The average Bonchev–Trinajstić information content (AvgIpc) is 3.52. The van der Waals surface area contributed by atoms with E-state index >= 15 is 0 Å². The maximum absolute atomic E-state index is 12.8. The van der Waals surface area contributed by atoms with Crippen LogP contribution in [0.5, 0.6) is 0 Å². The molecule has 6 nitrogen and oxygen atoms in total. The first-order valence-electron chi connectivity index (χ1n) is 11.9. The number of hydrogen-bond donors (Lipinski definition) is 0. The van der Waals surface area contributed by atoms with Crippen molar-refractivity contribution in [3.05, 3.63) is 125 Å². The maximum Gasteiger partial charge on any atom is 0.186 e. The Morgan fingerprint density at radius 1 is 0.973 bits per heavy atom. The fourth-order valence-electron chi connectivity index (χ4n) is 4.61. The summed E-state index contributed by atoms with van der Waals surface area (Å²) in [6.07, 6.45) is 9.25. The summed E-state index contributed by atoms with van der Waals surface area (Å²) in [6.45, 7) is 2.49. The van der Waals surface area contributed by atoms with Crippen LogP contribution in [0.1, 0.15) is 27.2 Å². The summed E-state index contributed by atoms with van der Waals surface area (Å²) in [5.41, 5.74) is 6.21. The second-order valence-corrected chi connectivity index (χ2v) is 9.32. The van der Waals surface area contributed by atoms with E-state index < -0.39 is 0 Å². The number of hydrogen-bond acceptors (Lipinski definition) is 4. The van der Waals surface area contributed by atoms with Gasteiger partial charge in [-0.05, 0) is 55.0 Å². The van der Waals surface area contributed by atoms with Gasteiger partial charge in [0, 0.05) is 44.8 Å². The summed E-state index contributed by atoms with van der Waals surface area (Å²) >= 11 is 6.14. The third-order valence-corrected chi connectivity index (χ3v) is 6.68. The highest BCUT2D eigenvalue weighted by molar-refractivity contribution is 6.31. The van der Waals surface area contributed by atoms with Gasteiger partial charge in [0.05, 0.1) is 23.9 Å². The molecule has 6 rings (SSSR count). The molecule has 0 saturated carbocycles. The normalized spacial score (nSPS) is 11.6. The van der Waals surface area contributed by atoms with E-state index in [0.717, 1.165) is 44.3 Å². The summed E-state index contributed by atoms with van der Waals surface area (Å²) in [6, 6.07) is 23.3. The van der Waals surface area contributed by atoms with Gasteiger partial charge in [-0.25, -0.2) is 4.68 Å². The van der Waals surface area contributed by atoms with Gasteiger partial charge in [-0.2, -0.15) is 0 Å². The van der Waals surface area contributed by atoms with Crippen molar-refractivity contribution in [3.8, 4) is 5.69 Å². The zero-order valence-electron chi connectivity index (χ0n) is 20.0. The van der Waals surface area contributed by atoms with Crippen LogP contribution >= 0.6 is 11.6 Å². The molecule has 0 radical (unpaired) electrons. The first-order chi connectivity index (χ1) is 18.1. The lowest BCUT2D eigenvalue weighted by atomic mass is 10.0. The lowest BCUT2D eigenvalue weighted by molar-refractivity contribution is 0.104. The number of nitrogens with zero attached hydrogens (tertiary/aromatic N) is 5. The van der Waals surface area contributed by atoms with Gasteiger partial charge in [-0.1, -0.05) is 59.3 Å². The first kappa shape index (κ1) is 22.9. The molecule has 0 N–H and O–H groups in total. The molecule has 7 heteroatoms. The summed E-state index contributed by atoms with van der Waals surface area (Å²) in [4.78, 5) is 17.2. The van der Waals surface area contributed by atoms with Crippen molar-refractivity contribution in [1.82, 2.24) is 24.5 Å². The third kappa shape index (κ3) is 4.43. The number of ketones is 1. The van der Waals surface area contributed by atoms with Crippen molar-refractivity contribution >= 4 is 45.3 Å². The minimum Gasteiger partial charge on any atom is -0.341 e. The van der Waals surface area contributed by atoms with Crippen molar-refractivity contribution in [2.24, 2.45) is 0 Å². The van der Waals surface area contributed by atoms with E-state index in [1.807, 2.05) is 79.9 Å². The van der Waals surface area contributed by atoms with E-state index in [4.69, 9.17) is 11.6 Å². The lowest BCUT2D eigenvalue weighted by Crippen LogP contribution is -1.98. The van der Waals surface area contributed by atoms with Crippen molar-refractivity contribution in [2.75, 3.05) is 0 Å². The Bertz CT molecular complexity index is 1810. The van der Waals surface area contributed by atoms with E-state index in [2.05, 4.69) is 38.2 Å². The van der Waals surface area contributed by atoms with Gasteiger partial charge in [0.25, 0.3) is 0 Å². The zero-order chi connectivity index (χ0) is 25.4. The fourth-order valence-corrected chi connectivity index (χ4v) is 4.78. The van der Waals surface area contributed by atoms with Crippen LogP contribution in [0.3, 0.4) is 0 Å². The Morgan fingerprint density at radius 3 is 2.70 bits per heavy atom. The molecule has 180 valence electrons. The Balaban J connectivity index is 1.31. The van der Waals surface area contributed by atoms with Gasteiger partial charge in [-0.3, -0.25) is 9.78 Å². The van der Waals surface area contributed by atoms with Gasteiger partial charge in [-0.15, -0.1) is 5.10 Å². The lowest BCUT2D eigenvalue weighted by Gasteiger charge is -2.05. The third-order valence-electron chi connectivity index (χ3n) is 6.45. The van der Waals surface area contributed by atoms with Crippen molar-refractivity contribution in [1.29, 1.82) is 0 Å². The molecule has 6 aromatic rings. The van der Waals surface area contributed by atoms with Crippen molar-refractivity contribution in [2.45, 2.75) is 13.5 Å². The minimum atomic E-state index is -0.0104. The predicted molar refractivity (Wildman–Crippen MR) is 147 cm³/mol. The molecule has 0 atom stereocenters. The van der Waals surface area contributed by atoms with E-state index in [-0.39, 0.29) is 5.78 Å². The van der Waals surface area contributed by atoms with Gasteiger partial charge in [0.1, 0.15) is 5.69 Å². The zero-order valence-corrected chi connectivity index (χ0v) is 20.8. The van der Waals surface area contributed by atoms with Crippen molar-refractivity contribution < 1.29 is 4.79 Å². The number of carbonyl (C=O) groups is 1. The molecule has 3 aromatic heterocycles. The second-order valence-electron chi connectivity index (χ2n) is 8.89. The molecule has 0 bridgehead atoms. The number of rotatable bonds is 6. The summed E-state index contributed by atoms with van der Waals surface area (Å²) in [5, 5.41) is 11.5. The SMILES string of the molecule is Cc1ccccc1C(=O)/C=C/c1cn(Cc2cn(-c3ccnc4cc(Cl)ccc34)nn2)c2ccccc12. The van der Waals surface area contributed by atoms with Crippen LogP contribution in [0.25, 0.3) is 33.6 Å². The molecule has 0 amide bonds. The van der Waals surface area contributed by atoms with Crippen LogP contribution in [0.2, 0.25) is 5.02 Å². The van der Waals surface area contributed by atoms with E-state index in [1.165, 1.54) is 0 Å². The fraction of sp³-hybridized carbons (Fsp3) is 0.0667. The number of para-hydroxylation sites is 1. The van der Waals surface area contributed by atoms with Crippen LogP contribution in [-0.2, 0) is 6.54 Å². The van der Waals surface area contributed by atoms with Crippen LogP contribution in [0.15, 0.2) is 97.5 Å². The highest BCUT2D eigenvalue weighted by Crippen LogP contribution is 2.25. The minimum absolute atomic E-state index is 0.0104. The Kier molecular flexibility index (Phi) is 5.87. The van der Waals surface area contributed by atoms with Gasteiger partial charge < -0.3 is 4.57 Å². The Morgan fingerprint density at radius 2 is 1.81 bits per heavy atom. The number of aryl methyl sites for hydroxylation is 1. The highest BCUT2D eigenvalue weighted by Gasteiger charge is 2.12. The molecule has 0 aliphatic heterocycles. The first-order valence-corrected chi connectivity index (χ1v) is 12.3. The van der Waals surface area contributed by atoms with Crippen LogP contribution in [0.4, 0.5) is 0 Å². The van der Waals surface area contributed by atoms with Gasteiger partial charge in [0.2, 0.25) is 0 Å². The molecule has 0 aliphatic rings. The number of allylic oxidation sites excluding steroid dienone is 1. The number of aromatic nitrogens is 5. The number of halogens is 1. The van der Waals surface area contributed by atoms with Crippen molar-refractivity contribution in [3.63, 3.8) is 0 Å². The molecule has 3 aromatic carbocycles. The molecular formula is C30H22ClN5O. The van der Waals surface area contributed by atoms with E-state index in [1.54, 1.807) is 17.0 Å². The van der Waals surface area contributed by atoms with Crippen LogP contribution in [-0.4, -0.2) is 30.3 Å². The summed E-state index contributed by atoms with van der Waals surface area (Å²) in [5.74, 6) is -0.0104. The molecule has 0 unspecified atom stereocenters. The molecule has 0 saturated heterocycles. The van der Waals surface area contributed by atoms with E-state index in [0.29, 0.717) is 17.1 Å². The van der Waals surface area contributed by atoms with E-state index in [9.17, 15) is 4.79 Å². The smallest absolute Gasteiger partial charge is 0.186 e. The molecule has 3 heterocycles. The number of pyridine rings is 1. The molecule has 0 aliphatic carbocycles. The summed E-state index contributed by atoms with van der Waals surface area (Å²) in [7, 11) is 0. The Hall–Kier alpha value is -4.55. The van der Waals surface area contributed by atoms with Crippen LogP contribution in [0, 0.1) is 6.92 Å². The Labute approximate surface area is 218 Å². The monoisotopic (exact) mass is 503 g/mol. The molecule has 0 spiro atoms. The molecule has 37 heavy (non-hydrogen) atoms. The standard InChI is InChI=1S/C30H22ClN5O/c1-20-6-2-3-7-24(20)30(37)13-10-21-17-35(28-9-5-4-8-25(21)28)18-23-19-36(34-33-23)29-14-15-32-27-16-22(31)11-12-26(27)29/h2-17,19H,18H2,1H3/b13-10+. The number of carbonyl (C=O) groups excluding carboxylic acids is 1. The highest BCUT2D eigenvalue weighted by atomic mass is 35.5. The molecular weight excluding hydrogens is 482 g/mol. The number of fused-ring (bicyclic) bond motifs is 2. The van der Waals surface area contributed by atoms with Gasteiger partial charge in [0.15, 0.2) is 5.78 Å². The van der Waals surface area contributed by atoms with Crippen LogP contribution < -0.4 is 0 Å². The summed E-state index contributed by atoms with van der Waals surface area (Å²) < 4.78 is 3.90. The average molecular weight is 504 g/mol. The maximum atomic E-state index is 12.8. The second kappa shape index (κ2) is 9.48. The predicted octanol–water partition coefficient (Wildman–Crippen LogP) is 6.68. The number of benzene rings is 3. The topological polar surface area (TPSA) is 65.6 Å². The largest absolute Gasteiger partial charge is 0.341 e.